The Labute approximate surface area is 152 Å². The van der Waals surface area contributed by atoms with E-state index in [4.69, 9.17) is 4.52 Å². The molecule has 2 aromatic carbocycles. The first-order chi connectivity index (χ1) is 12.6. The third-order valence-electron chi connectivity index (χ3n) is 4.59. The normalized spacial score (nSPS) is 18.3. The highest BCUT2D eigenvalue weighted by Crippen LogP contribution is 2.36. The summed E-state index contributed by atoms with van der Waals surface area (Å²) >= 11 is 0. The van der Waals surface area contributed by atoms with Crippen LogP contribution in [0, 0.1) is 6.92 Å². The van der Waals surface area contributed by atoms with Crippen molar-refractivity contribution < 1.29 is 12.9 Å². The van der Waals surface area contributed by atoms with Gasteiger partial charge in [-0.25, -0.2) is 8.42 Å². The van der Waals surface area contributed by atoms with E-state index in [1.807, 2.05) is 31.2 Å². The lowest BCUT2D eigenvalue weighted by Gasteiger charge is -2.21. The molecule has 1 aromatic heterocycles. The zero-order valence-electron chi connectivity index (χ0n) is 14.4. The molecule has 0 radical (unpaired) electrons. The standard InChI is InChI=1S/C19H19N3O3S/c1-14-9-11-15(12-10-14)18-20-19(25-21-18)17-8-5-13-22(17)26(23,24)16-6-3-2-4-7-16/h2-4,6-7,9-12,17H,5,8,13H2,1H3/t17-/m0/s1. The second kappa shape index (κ2) is 6.66. The fourth-order valence-corrected chi connectivity index (χ4v) is 4.86. The minimum absolute atomic E-state index is 0.283. The molecule has 0 bridgehead atoms. The van der Waals surface area contributed by atoms with Crippen LogP contribution in [0.2, 0.25) is 0 Å². The molecule has 0 spiro atoms. The summed E-state index contributed by atoms with van der Waals surface area (Å²) in [6.45, 7) is 2.46. The lowest BCUT2D eigenvalue weighted by atomic mass is 10.1. The van der Waals surface area contributed by atoms with Crippen molar-refractivity contribution in [1.29, 1.82) is 0 Å². The maximum Gasteiger partial charge on any atom is 0.245 e. The second-order valence-electron chi connectivity index (χ2n) is 6.41. The van der Waals surface area contributed by atoms with Crippen LogP contribution < -0.4 is 0 Å². The van der Waals surface area contributed by atoms with Crippen LogP contribution in [0.4, 0.5) is 0 Å². The van der Waals surface area contributed by atoms with E-state index >= 15 is 0 Å². The van der Waals surface area contributed by atoms with E-state index in [1.54, 1.807) is 30.3 Å². The molecule has 4 rings (SSSR count). The largest absolute Gasteiger partial charge is 0.337 e. The predicted octanol–water partition coefficient (Wildman–Crippen LogP) is 3.57. The van der Waals surface area contributed by atoms with Gasteiger partial charge in [0.15, 0.2) is 0 Å². The number of hydrogen-bond acceptors (Lipinski definition) is 5. The van der Waals surface area contributed by atoms with Crippen LogP contribution in [0.15, 0.2) is 64.0 Å². The highest BCUT2D eigenvalue weighted by molar-refractivity contribution is 7.89. The Bertz CT molecular complexity index is 998. The molecule has 7 heteroatoms. The maximum absolute atomic E-state index is 13.0. The smallest absolute Gasteiger partial charge is 0.245 e. The van der Waals surface area contributed by atoms with E-state index in [1.165, 1.54) is 4.31 Å². The number of sulfonamides is 1. The van der Waals surface area contributed by atoms with Gasteiger partial charge in [-0.3, -0.25) is 0 Å². The third-order valence-corrected chi connectivity index (χ3v) is 6.51. The van der Waals surface area contributed by atoms with Crippen LogP contribution in [0.1, 0.15) is 30.3 Å². The number of aryl methyl sites for hydroxylation is 1. The molecule has 1 aliphatic rings. The quantitative estimate of drug-likeness (QED) is 0.703. The second-order valence-corrected chi connectivity index (χ2v) is 8.30. The van der Waals surface area contributed by atoms with E-state index in [0.717, 1.165) is 17.5 Å². The summed E-state index contributed by atoms with van der Waals surface area (Å²) in [5.41, 5.74) is 1.99. The molecule has 3 aromatic rings. The Hall–Kier alpha value is -2.51. The van der Waals surface area contributed by atoms with Gasteiger partial charge in [0.2, 0.25) is 21.7 Å². The number of hydrogen-bond donors (Lipinski definition) is 0. The molecule has 0 amide bonds. The molecule has 0 N–H and O–H groups in total. The van der Waals surface area contributed by atoms with Crippen molar-refractivity contribution in [3.8, 4) is 11.4 Å². The molecule has 6 nitrogen and oxygen atoms in total. The fourth-order valence-electron chi connectivity index (χ4n) is 3.19. The monoisotopic (exact) mass is 369 g/mol. The minimum Gasteiger partial charge on any atom is -0.337 e. The van der Waals surface area contributed by atoms with Gasteiger partial charge in [-0.05, 0) is 31.9 Å². The number of aromatic nitrogens is 2. The highest BCUT2D eigenvalue weighted by Gasteiger charge is 2.39. The van der Waals surface area contributed by atoms with Crippen molar-refractivity contribution >= 4 is 10.0 Å². The zero-order chi connectivity index (χ0) is 18.1. The van der Waals surface area contributed by atoms with Crippen LogP contribution in [-0.4, -0.2) is 29.4 Å². The number of rotatable bonds is 4. The first-order valence-electron chi connectivity index (χ1n) is 8.53. The van der Waals surface area contributed by atoms with E-state index < -0.39 is 16.1 Å². The van der Waals surface area contributed by atoms with E-state index in [-0.39, 0.29) is 4.90 Å². The molecule has 1 atom stereocenters. The first kappa shape index (κ1) is 16.9. The molecule has 1 aliphatic heterocycles. The van der Waals surface area contributed by atoms with Crippen molar-refractivity contribution in [2.24, 2.45) is 0 Å². The van der Waals surface area contributed by atoms with Gasteiger partial charge in [-0.2, -0.15) is 9.29 Å². The van der Waals surface area contributed by atoms with Crippen LogP contribution in [-0.2, 0) is 10.0 Å². The van der Waals surface area contributed by atoms with Crippen LogP contribution >= 0.6 is 0 Å². The van der Waals surface area contributed by atoms with E-state index in [2.05, 4.69) is 10.1 Å². The van der Waals surface area contributed by atoms with Crippen molar-refractivity contribution in [2.45, 2.75) is 30.7 Å². The molecule has 0 unspecified atom stereocenters. The van der Waals surface area contributed by atoms with Crippen LogP contribution in [0.5, 0.6) is 0 Å². The molecule has 2 heterocycles. The Kier molecular flexibility index (Phi) is 4.34. The summed E-state index contributed by atoms with van der Waals surface area (Å²) in [5, 5.41) is 4.04. The predicted molar refractivity (Wildman–Crippen MR) is 96.8 cm³/mol. The number of nitrogens with zero attached hydrogens (tertiary/aromatic N) is 3. The van der Waals surface area contributed by atoms with E-state index in [0.29, 0.717) is 24.7 Å². The average molecular weight is 369 g/mol. The maximum atomic E-state index is 13.0. The topological polar surface area (TPSA) is 76.3 Å². The van der Waals surface area contributed by atoms with Crippen LogP contribution in [0.3, 0.4) is 0 Å². The van der Waals surface area contributed by atoms with E-state index in [9.17, 15) is 8.42 Å². The van der Waals surface area contributed by atoms with Gasteiger partial charge >= 0.3 is 0 Å². The molecule has 0 aliphatic carbocycles. The van der Waals surface area contributed by atoms with Gasteiger partial charge in [0.05, 0.1) is 4.90 Å². The van der Waals surface area contributed by atoms with Gasteiger partial charge < -0.3 is 4.52 Å². The number of benzene rings is 2. The molecular formula is C19H19N3O3S. The van der Waals surface area contributed by atoms with Crippen molar-refractivity contribution in [2.75, 3.05) is 6.54 Å². The average Bonchev–Trinajstić information content (AvgIpc) is 3.32. The SMILES string of the molecule is Cc1ccc(-c2noc([C@@H]3CCCN3S(=O)(=O)c3ccccc3)n2)cc1. The van der Waals surface area contributed by atoms with Crippen molar-refractivity contribution in [1.82, 2.24) is 14.4 Å². The molecular weight excluding hydrogens is 350 g/mol. The fraction of sp³-hybridized carbons (Fsp3) is 0.263. The molecule has 134 valence electrons. The summed E-state index contributed by atoms with van der Waals surface area (Å²) in [4.78, 5) is 4.75. The lowest BCUT2D eigenvalue weighted by Crippen LogP contribution is -2.30. The van der Waals surface area contributed by atoms with Crippen molar-refractivity contribution in [3.05, 3.63) is 66.1 Å². The van der Waals surface area contributed by atoms with Gasteiger partial charge in [-0.1, -0.05) is 53.2 Å². The van der Waals surface area contributed by atoms with Crippen molar-refractivity contribution in [3.63, 3.8) is 0 Å². The van der Waals surface area contributed by atoms with Gasteiger partial charge in [0.25, 0.3) is 0 Å². The summed E-state index contributed by atoms with van der Waals surface area (Å²) < 4.78 is 32.8. The Morgan fingerprint density at radius 2 is 1.81 bits per heavy atom. The van der Waals surface area contributed by atoms with Gasteiger partial charge in [-0.15, -0.1) is 0 Å². The Balaban J connectivity index is 1.64. The summed E-state index contributed by atoms with van der Waals surface area (Å²) in [7, 11) is -3.59. The summed E-state index contributed by atoms with van der Waals surface area (Å²) in [6, 6.07) is 15.8. The van der Waals surface area contributed by atoms with Crippen LogP contribution in [0.25, 0.3) is 11.4 Å². The summed E-state index contributed by atoms with van der Waals surface area (Å²) in [6.07, 6.45) is 1.43. The minimum atomic E-state index is -3.59. The Morgan fingerprint density at radius 3 is 2.54 bits per heavy atom. The van der Waals surface area contributed by atoms with Gasteiger partial charge in [0.1, 0.15) is 6.04 Å². The Morgan fingerprint density at radius 1 is 1.08 bits per heavy atom. The molecule has 1 fully saturated rings. The lowest BCUT2D eigenvalue weighted by molar-refractivity contribution is 0.290. The molecule has 26 heavy (non-hydrogen) atoms. The molecule has 1 saturated heterocycles. The first-order valence-corrected chi connectivity index (χ1v) is 9.97. The summed E-state index contributed by atoms with van der Waals surface area (Å²) in [5.74, 6) is 0.821. The highest BCUT2D eigenvalue weighted by atomic mass is 32.2. The zero-order valence-corrected chi connectivity index (χ0v) is 15.2. The molecule has 0 saturated carbocycles. The third kappa shape index (κ3) is 3.04. The van der Waals surface area contributed by atoms with Gasteiger partial charge in [0, 0.05) is 12.1 Å².